The van der Waals surface area contributed by atoms with Crippen LogP contribution in [-0.2, 0) is 0 Å². The number of likely N-dealkylation sites (tertiary alicyclic amines) is 1. The first-order chi connectivity index (χ1) is 10.2. The Morgan fingerprint density at radius 3 is 2.95 bits per heavy atom. The second-order valence-corrected chi connectivity index (χ2v) is 5.41. The summed E-state index contributed by atoms with van der Waals surface area (Å²) >= 11 is 0. The topological polar surface area (TPSA) is 74.2 Å². The van der Waals surface area contributed by atoms with Gasteiger partial charge in [-0.15, -0.1) is 0 Å². The summed E-state index contributed by atoms with van der Waals surface area (Å²) in [5.74, 6) is 1.35. The van der Waals surface area contributed by atoms with E-state index in [1.54, 1.807) is 18.3 Å². The molecule has 21 heavy (non-hydrogen) atoms. The summed E-state index contributed by atoms with van der Waals surface area (Å²) in [5.41, 5.74) is 0. The van der Waals surface area contributed by atoms with Crippen molar-refractivity contribution < 1.29 is 9.21 Å². The molecule has 2 aromatic heterocycles. The number of rotatable bonds is 4. The number of aromatic amines is 1. The Labute approximate surface area is 123 Å². The van der Waals surface area contributed by atoms with Gasteiger partial charge < -0.3 is 19.6 Å². The van der Waals surface area contributed by atoms with E-state index < -0.39 is 0 Å². The average Bonchev–Trinajstić information content (AvgIpc) is 3.20. The second kappa shape index (κ2) is 6.13. The summed E-state index contributed by atoms with van der Waals surface area (Å²) in [6.45, 7) is 3.60. The number of carbonyl (C=O) groups is 1. The van der Waals surface area contributed by atoms with Crippen LogP contribution >= 0.6 is 0 Å². The van der Waals surface area contributed by atoms with Crippen LogP contribution in [0, 0.1) is 0 Å². The van der Waals surface area contributed by atoms with Crippen LogP contribution in [0.1, 0.15) is 42.2 Å². The molecule has 2 aromatic rings. The van der Waals surface area contributed by atoms with Crippen LogP contribution in [0.15, 0.2) is 35.2 Å². The van der Waals surface area contributed by atoms with Crippen molar-refractivity contribution in [3.8, 4) is 0 Å². The number of carbonyl (C=O) groups excluding carboxylic acids is 1. The monoisotopic (exact) mass is 288 g/mol. The first kappa shape index (κ1) is 13.9. The molecule has 0 bridgehead atoms. The zero-order valence-electron chi connectivity index (χ0n) is 12.1. The van der Waals surface area contributed by atoms with Crippen molar-refractivity contribution in [2.75, 3.05) is 13.1 Å². The van der Waals surface area contributed by atoms with Crippen LogP contribution in [0.4, 0.5) is 0 Å². The predicted octanol–water partition coefficient (Wildman–Crippen LogP) is 1.96. The van der Waals surface area contributed by atoms with E-state index >= 15 is 0 Å². The SMILES string of the molecule is CC(NC1CCN(C(=O)c2ccco2)CC1)c1ncc[nH]1. The van der Waals surface area contributed by atoms with E-state index in [-0.39, 0.29) is 11.9 Å². The third kappa shape index (κ3) is 3.16. The number of aromatic nitrogens is 2. The third-order valence-corrected chi connectivity index (χ3v) is 3.93. The third-order valence-electron chi connectivity index (χ3n) is 3.93. The molecule has 1 aliphatic rings. The minimum atomic E-state index is -0.0162. The lowest BCUT2D eigenvalue weighted by Gasteiger charge is -2.33. The molecule has 3 heterocycles. The summed E-state index contributed by atoms with van der Waals surface area (Å²) in [4.78, 5) is 21.4. The Balaban J connectivity index is 1.50. The van der Waals surface area contributed by atoms with Crippen molar-refractivity contribution in [3.05, 3.63) is 42.4 Å². The van der Waals surface area contributed by atoms with Gasteiger partial charge in [-0.25, -0.2) is 4.98 Å². The molecule has 0 spiro atoms. The molecule has 1 unspecified atom stereocenters. The van der Waals surface area contributed by atoms with Crippen LogP contribution in [-0.4, -0.2) is 39.9 Å². The molecule has 0 aliphatic carbocycles. The fourth-order valence-electron chi connectivity index (χ4n) is 2.75. The number of nitrogens with one attached hydrogen (secondary N) is 2. The first-order valence-corrected chi connectivity index (χ1v) is 7.32. The smallest absolute Gasteiger partial charge is 0.289 e. The number of hydrogen-bond acceptors (Lipinski definition) is 4. The van der Waals surface area contributed by atoms with Crippen molar-refractivity contribution in [3.63, 3.8) is 0 Å². The fourth-order valence-corrected chi connectivity index (χ4v) is 2.75. The maximum absolute atomic E-state index is 12.2. The molecular formula is C15H20N4O2. The van der Waals surface area contributed by atoms with Gasteiger partial charge in [0.05, 0.1) is 12.3 Å². The van der Waals surface area contributed by atoms with Gasteiger partial charge in [0.2, 0.25) is 0 Å². The van der Waals surface area contributed by atoms with Crippen molar-refractivity contribution in [1.29, 1.82) is 0 Å². The molecule has 0 radical (unpaired) electrons. The van der Waals surface area contributed by atoms with E-state index in [9.17, 15) is 4.79 Å². The minimum Gasteiger partial charge on any atom is -0.459 e. The maximum Gasteiger partial charge on any atom is 0.289 e. The maximum atomic E-state index is 12.2. The van der Waals surface area contributed by atoms with Crippen LogP contribution in [0.5, 0.6) is 0 Å². The molecule has 1 amide bonds. The second-order valence-electron chi connectivity index (χ2n) is 5.41. The van der Waals surface area contributed by atoms with Gasteiger partial charge in [0.1, 0.15) is 5.82 Å². The number of imidazole rings is 1. The Morgan fingerprint density at radius 1 is 1.52 bits per heavy atom. The lowest BCUT2D eigenvalue weighted by atomic mass is 10.0. The summed E-state index contributed by atoms with van der Waals surface area (Å²) in [5, 5.41) is 3.56. The molecule has 2 N–H and O–H groups in total. The molecule has 6 nitrogen and oxygen atoms in total. The molecule has 1 fully saturated rings. The average molecular weight is 288 g/mol. The highest BCUT2D eigenvalue weighted by Gasteiger charge is 2.26. The molecule has 6 heteroatoms. The predicted molar refractivity (Wildman–Crippen MR) is 77.8 cm³/mol. The molecule has 112 valence electrons. The van der Waals surface area contributed by atoms with E-state index in [0.29, 0.717) is 11.8 Å². The highest BCUT2D eigenvalue weighted by Crippen LogP contribution is 2.17. The number of hydrogen-bond donors (Lipinski definition) is 2. The van der Waals surface area contributed by atoms with E-state index in [1.165, 1.54) is 6.26 Å². The molecule has 0 saturated carbocycles. The summed E-state index contributed by atoms with van der Waals surface area (Å²) in [6.07, 6.45) is 7.01. The van der Waals surface area contributed by atoms with Crippen LogP contribution in [0.3, 0.4) is 0 Å². The number of nitrogens with zero attached hydrogens (tertiary/aromatic N) is 2. The van der Waals surface area contributed by atoms with Crippen molar-refractivity contribution in [1.82, 2.24) is 20.2 Å². The van der Waals surface area contributed by atoms with Gasteiger partial charge in [-0.05, 0) is 31.9 Å². The fraction of sp³-hybridized carbons (Fsp3) is 0.467. The Bertz CT molecular complexity index is 557. The normalized spacial score (nSPS) is 17.9. The van der Waals surface area contributed by atoms with E-state index in [1.807, 2.05) is 11.1 Å². The number of piperidine rings is 1. The molecule has 3 rings (SSSR count). The largest absolute Gasteiger partial charge is 0.459 e. The summed E-state index contributed by atoms with van der Waals surface area (Å²) in [6, 6.07) is 4.06. The highest BCUT2D eigenvalue weighted by molar-refractivity contribution is 5.91. The van der Waals surface area contributed by atoms with Crippen LogP contribution in [0.2, 0.25) is 0 Å². The van der Waals surface area contributed by atoms with E-state index in [0.717, 1.165) is 31.8 Å². The zero-order valence-corrected chi connectivity index (χ0v) is 12.1. The van der Waals surface area contributed by atoms with Gasteiger partial charge in [-0.1, -0.05) is 0 Å². The standard InChI is InChI=1S/C15H20N4O2/c1-11(14-16-6-7-17-14)18-12-4-8-19(9-5-12)15(20)13-3-2-10-21-13/h2-3,6-7,10-12,18H,4-5,8-9H2,1H3,(H,16,17). The molecule has 1 saturated heterocycles. The van der Waals surface area contributed by atoms with Crippen molar-refractivity contribution in [2.24, 2.45) is 0 Å². The highest BCUT2D eigenvalue weighted by atomic mass is 16.3. The van der Waals surface area contributed by atoms with Gasteiger partial charge in [0.15, 0.2) is 5.76 Å². The van der Waals surface area contributed by atoms with Crippen molar-refractivity contribution in [2.45, 2.75) is 31.8 Å². The van der Waals surface area contributed by atoms with Crippen LogP contribution in [0.25, 0.3) is 0 Å². The number of amides is 1. The molecular weight excluding hydrogens is 268 g/mol. The van der Waals surface area contributed by atoms with E-state index in [4.69, 9.17) is 4.42 Å². The summed E-state index contributed by atoms with van der Waals surface area (Å²) in [7, 11) is 0. The van der Waals surface area contributed by atoms with Crippen molar-refractivity contribution >= 4 is 5.91 Å². The number of furan rings is 1. The zero-order chi connectivity index (χ0) is 14.7. The van der Waals surface area contributed by atoms with Gasteiger partial charge >= 0.3 is 0 Å². The Morgan fingerprint density at radius 2 is 2.33 bits per heavy atom. The van der Waals surface area contributed by atoms with E-state index in [2.05, 4.69) is 22.2 Å². The number of H-pyrrole nitrogens is 1. The van der Waals surface area contributed by atoms with Gasteiger partial charge in [0.25, 0.3) is 5.91 Å². The lowest BCUT2D eigenvalue weighted by molar-refractivity contribution is 0.0670. The summed E-state index contributed by atoms with van der Waals surface area (Å²) < 4.78 is 5.17. The quantitative estimate of drug-likeness (QED) is 0.902. The first-order valence-electron chi connectivity index (χ1n) is 7.32. The molecule has 0 aromatic carbocycles. The lowest BCUT2D eigenvalue weighted by Crippen LogP contribution is -2.45. The van der Waals surface area contributed by atoms with Gasteiger partial charge in [-0.3, -0.25) is 4.79 Å². The Kier molecular flexibility index (Phi) is 4.06. The van der Waals surface area contributed by atoms with Crippen LogP contribution < -0.4 is 5.32 Å². The Hall–Kier alpha value is -2.08. The van der Waals surface area contributed by atoms with Gasteiger partial charge in [0, 0.05) is 31.5 Å². The minimum absolute atomic E-state index is 0.0162. The van der Waals surface area contributed by atoms with Gasteiger partial charge in [-0.2, -0.15) is 0 Å². The molecule has 1 atom stereocenters. The molecule has 1 aliphatic heterocycles.